The molecule has 0 aliphatic carbocycles. The van der Waals surface area contributed by atoms with Crippen LogP contribution in [-0.4, -0.2) is 35.8 Å². The summed E-state index contributed by atoms with van der Waals surface area (Å²) in [4.78, 5) is 22.3. The number of benzene rings is 1. The number of ether oxygens (including phenoxy) is 1. The van der Waals surface area contributed by atoms with E-state index in [2.05, 4.69) is 5.32 Å². The molecule has 0 atom stereocenters. The summed E-state index contributed by atoms with van der Waals surface area (Å²) >= 11 is 7.14. The lowest BCUT2D eigenvalue weighted by molar-refractivity contribution is -0.139. The molecule has 2 aromatic rings. The van der Waals surface area contributed by atoms with Gasteiger partial charge < -0.3 is 20.3 Å². The highest BCUT2D eigenvalue weighted by Gasteiger charge is 2.24. The van der Waals surface area contributed by atoms with Crippen molar-refractivity contribution in [1.29, 1.82) is 0 Å². The third-order valence-corrected chi connectivity index (χ3v) is 4.44. The molecule has 6 nitrogen and oxygen atoms in total. The maximum atomic E-state index is 11.3. The molecular weight excluding hydrogens is 330 g/mol. The highest BCUT2D eigenvalue weighted by molar-refractivity contribution is 7.18. The fraction of sp³-hybridized carbons (Fsp3) is 0.143. The van der Waals surface area contributed by atoms with Crippen LogP contribution in [0.1, 0.15) is 9.67 Å². The summed E-state index contributed by atoms with van der Waals surface area (Å²) in [5.41, 5.74) is 1.56. The van der Waals surface area contributed by atoms with Crippen LogP contribution in [-0.2, 0) is 4.79 Å². The molecule has 0 aliphatic rings. The first-order valence-corrected chi connectivity index (χ1v) is 7.31. The number of anilines is 1. The van der Waals surface area contributed by atoms with Gasteiger partial charge in [-0.05, 0) is 17.7 Å². The number of hydrogen-bond acceptors (Lipinski definition) is 5. The molecule has 22 heavy (non-hydrogen) atoms. The predicted molar refractivity (Wildman–Crippen MR) is 84.4 cm³/mol. The van der Waals surface area contributed by atoms with Crippen LogP contribution in [0.2, 0.25) is 5.02 Å². The van der Waals surface area contributed by atoms with Gasteiger partial charge in [0.15, 0.2) is 17.2 Å². The van der Waals surface area contributed by atoms with Crippen molar-refractivity contribution in [2.75, 3.05) is 19.0 Å². The number of thiophene rings is 1. The van der Waals surface area contributed by atoms with E-state index >= 15 is 0 Å². The van der Waals surface area contributed by atoms with E-state index in [1.807, 2.05) is 12.1 Å². The number of nitrogens with one attached hydrogen (secondary N) is 1. The summed E-state index contributed by atoms with van der Waals surface area (Å²) < 4.78 is 5.03. The molecule has 0 fully saturated rings. The normalized spacial score (nSPS) is 10.3. The zero-order valence-corrected chi connectivity index (χ0v) is 13.0. The third kappa shape index (κ3) is 3.32. The first-order chi connectivity index (χ1) is 10.4. The highest BCUT2D eigenvalue weighted by atomic mass is 35.5. The minimum Gasteiger partial charge on any atom is -0.479 e. The molecule has 1 aromatic carbocycles. The molecule has 0 saturated carbocycles. The molecular formula is C14H12ClNO5S. The second-order valence-electron chi connectivity index (χ2n) is 4.22. The lowest BCUT2D eigenvalue weighted by Crippen LogP contribution is -2.10. The predicted octanol–water partition coefficient (Wildman–Crippen LogP) is 3.27. The van der Waals surface area contributed by atoms with Crippen LogP contribution in [0.25, 0.3) is 10.4 Å². The van der Waals surface area contributed by atoms with Crippen LogP contribution in [0.5, 0.6) is 5.75 Å². The van der Waals surface area contributed by atoms with Crippen LogP contribution in [0.15, 0.2) is 24.3 Å². The Hall–Kier alpha value is -2.25. The Morgan fingerprint density at radius 3 is 2.68 bits per heavy atom. The molecule has 2 rings (SSSR count). The van der Waals surface area contributed by atoms with Crippen molar-refractivity contribution in [3.8, 4) is 16.2 Å². The molecule has 0 unspecified atom stereocenters. The lowest BCUT2D eigenvalue weighted by Gasteiger charge is -2.05. The number of aromatic carboxylic acids is 1. The Morgan fingerprint density at radius 2 is 2.09 bits per heavy atom. The fourth-order valence-electron chi connectivity index (χ4n) is 1.80. The monoisotopic (exact) mass is 341 g/mol. The minimum atomic E-state index is -1.22. The zero-order chi connectivity index (χ0) is 16.3. The molecule has 0 amide bonds. The van der Waals surface area contributed by atoms with Crippen molar-refractivity contribution >= 4 is 40.6 Å². The second kappa shape index (κ2) is 6.67. The lowest BCUT2D eigenvalue weighted by atomic mass is 10.1. The minimum absolute atomic E-state index is 0.0944. The van der Waals surface area contributed by atoms with E-state index in [1.54, 1.807) is 19.2 Å². The van der Waals surface area contributed by atoms with Gasteiger partial charge in [-0.1, -0.05) is 23.7 Å². The largest absolute Gasteiger partial charge is 0.479 e. The van der Waals surface area contributed by atoms with Gasteiger partial charge in [0.2, 0.25) is 0 Å². The summed E-state index contributed by atoms with van der Waals surface area (Å²) in [5, 5.41) is 21.0. The van der Waals surface area contributed by atoms with Gasteiger partial charge in [0.1, 0.15) is 5.02 Å². The standard InChI is InChI=1S/C14H12ClNO5S/c1-16-8-4-2-3-7(5-8)12-10(15)11(21-6-9(17)18)13(22-12)14(19)20/h2-5,16H,6H2,1H3,(H,17,18)(H,19,20). The van der Waals surface area contributed by atoms with Crippen molar-refractivity contribution in [2.24, 2.45) is 0 Å². The maximum absolute atomic E-state index is 11.3. The summed E-state index contributed by atoms with van der Waals surface area (Å²) in [5.74, 6) is -2.55. The molecule has 1 heterocycles. The van der Waals surface area contributed by atoms with Crippen molar-refractivity contribution in [3.05, 3.63) is 34.2 Å². The molecule has 0 saturated heterocycles. The Balaban J connectivity index is 2.50. The number of halogens is 1. The van der Waals surface area contributed by atoms with Gasteiger partial charge in [0.25, 0.3) is 0 Å². The van der Waals surface area contributed by atoms with E-state index in [1.165, 1.54) is 0 Å². The Kier molecular flexibility index (Phi) is 4.89. The van der Waals surface area contributed by atoms with E-state index in [4.69, 9.17) is 21.4 Å². The van der Waals surface area contributed by atoms with Gasteiger partial charge in [0.05, 0.1) is 4.88 Å². The third-order valence-electron chi connectivity index (χ3n) is 2.76. The van der Waals surface area contributed by atoms with Crippen molar-refractivity contribution in [3.63, 3.8) is 0 Å². The van der Waals surface area contributed by atoms with E-state index in [0.717, 1.165) is 22.6 Å². The number of aliphatic carboxylic acids is 1. The molecule has 3 N–H and O–H groups in total. The average Bonchev–Trinajstić information content (AvgIpc) is 2.82. The van der Waals surface area contributed by atoms with E-state index < -0.39 is 18.5 Å². The number of rotatable bonds is 6. The van der Waals surface area contributed by atoms with Crippen LogP contribution in [0, 0.1) is 0 Å². The molecule has 0 spiro atoms. The van der Waals surface area contributed by atoms with Gasteiger partial charge in [-0.15, -0.1) is 11.3 Å². The first-order valence-electron chi connectivity index (χ1n) is 6.12. The zero-order valence-electron chi connectivity index (χ0n) is 11.4. The van der Waals surface area contributed by atoms with E-state index in [-0.39, 0.29) is 15.6 Å². The number of carbonyl (C=O) groups is 2. The molecule has 1 aromatic heterocycles. The maximum Gasteiger partial charge on any atom is 0.349 e. The SMILES string of the molecule is CNc1cccc(-c2sc(C(=O)O)c(OCC(=O)O)c2Cl)c1. The van der Waals surface area contributed by atoms with Gasteiger partial charge in [-0.25, -0.2) is 9.59 Å². The van der Waals surface area contributed by atoms with Crippen LogP contribution in [0.4, 0.5) is 5.69 Å². The number of carboxylic acid groups (broad SMARTS) is 2. The fourth-order valence-corrected chi connectivity index (χ4v) is 3.20. The average molecular weight is 342 g/mol. The first kappa shape index (κ1) is 16.1. The highest BCUT2D eigenvalue weighted by Crippen LogP contribution is 2.45. The Labute approximate surface area is 134 Å². The van der Waals surface area contributed by atoms with Crippen molar-refractivity contribution in [1.82, 2.24) is 0 Å². The van der Waals surface area contributed by atoms with Gasteiger partial charge in [0, 0.05) is 12.7 Å². The summed E-state index contributed by atoms with van der Waals surface area (Å²) in [6, 6.07) is 7.25. The molecule has 8 heteroatoms. The summed E-state index contributed by atoms with van der Waals surface area (Å²) in [7, 11) is 1.76. The Morgan fingerprint density at radius 1 is 1.36 bits per heavy atom. The molecule has 0 bridgehead atoms. The smallest absolute Gasteiger partial charge is 0.349 e. The van der Waals surface area contributed by atoms with Crippen LogP contribution in [0.3, 0.4) is 0 Å². The second-order valence-corrected chi connectivity index (χ2v) is 5.62. The summed E-state index contributed by atoms with van der Waals surface area (Å²) in [6.07, 6.45) is 0. The van der Waals surface area contributed by atoms with E-state index in [0.29, 0.717) is 4.88 Å². The molecule has 0 radical (unpaired) electrons. The van der Waals surface area contributed by atoms with Crippen LogP contribution < -0.4 is 10.1 Å². The van der Waals surface area contributed by atoms with Gasteiger partial charge in [-0.2, -0.15) is 0 Å². The van der Waals surface area contributed by atoms with Gasteiger partial charge >= 0.3 is 11.9 Å². The number of carboxylic acids is 2. The quantitative estimate of drug-likeness (QED) is 0.746. The molecule has 0 aliphatic heterocycles. The van der Waals surface area contributed by atoms with Crippen molar-refractivity contribution in [2.45, 2.75) is 0 Å². The topological polar surface area (TPSA) is 95.9 Å². The van der Waals surface area contributed by atoms with Gasteiger partial charge in [-0.3, -0.25) is 0 Å². The number of hydrogen-bond donors (Lipinski definition) is 3. The molecule has 116 valence electrons. The van der Waals surface area contributed by atoms with E-state index in [9.17, 15) is 14.7 Å². The van der Waals surface area contributed by atoms with Crippen LogP contribution >= 0.6 is 22.9 Å². The Bertz CT molecular complexity index is 728. The van der Waals surface area contributed by atoms with Crippen molar-refractivity contribution < 1.29 is 24.5 Å². The summed E-state index contributed by atoms with van der Waals surface area (Å²) in [6.45, 7) is -0.660.